The molecule has 0 fully saturated rings. The van der Waals surface area contributed by atoms with E-state index in [4.69, 9.17) is 21.9 Å². The second-order valence-corrected chi connectivity index (χ2v) is 3.59. The summed E-state index contributed by atoms with van der Waals surface area (Å²) in [7, 11) is 0. The molecule has 1 heterocycles. The molecule has 1 N–H and O–H groups in total. The Morgan fingerprint density at radius 1 is 1.54 bits per heavy atom. The number of benzene rings is 1. The van der Waals surface area contributed by atoms with Gasteiger partial charge in [0, 0.05) is 0 Å². The third-order valence-electron chi connectivity index (χ3n) is 1.65. The molecular weight excluding hydrogens is 252 g/mol. The average Bonchev–Trinajstić information content (AvgIpc) is 2.47. The summed E-state index contributed by atoms with van der Waals surface area (Å²) >= 11 is 8.10. The van der Waals surface area contributed by atoms with Crippen LogP contribution in [-0.4, -0.2) is 4.98 Å². The number of H-pyrrole nitrogens is 1. The zero-order valence-electron chi connectivity index (χ0n) is 6.30. The lowest BCUT2D eigenvalue weighted by atomic mass is 10.2. The van der Waals surface area contributed by atoms with Crippen LogP contribution < -0.4 is 0 Å². The number of halogens is 1. The molecule has 1 aromatic heterocycles. The molecule has 0 spiro atoms. The van der Waals surface area contributed by atoms with E-state index in [2.05, 4.69) is 20.9 Å². The number of rotatable bonds is 0. The van der Waals surface area contributed by atoms with Gasteiger partial charge in [-0.1, -0.05) is 0 Å². The Morgan fingerprint density at radius 3 is 3.00 bits per heavy atom. The number of nitrogens with one attached hydrogen (secondary N) is 1. The SMILES string of the molecule is N#Cc1ccc2[nH]c(=S)oc2c1Br. The number of nitrogens with zero attached hydrogens (tertiary/aromatic N) is 1. The molecule has 0 saturated carbocycles. The number of aromatic amines is 1. The summed E-state index contributed by atoms with van der Waals surface area (Å²) in [6, 6.07) is 5.51. The van der Waals surface area contributed by atoms with Crippen molar-refractivity contribution < 1.29 is 4.42 Å². The molecule has 0 aliphatic carbocycles. The molecule has 0 aliphatic rings. The van der Waals surface area contributed by atoms with Crippen LogP contribution in [-0.2, 0) is 0 Å². The van der Waals surface area contributed by atoms with Crippen LogP contribution in [0.3, 0.4) is 0 Å². The molecule has 1 aromatic carbocycles. The van der Waals surface area contributed by atoms with Gasteiger partial charge in [0.25, 0.3) is 4.84 Å². The Bertz CT molecular complexity index is 564. The largest absolute Gasteiger partial charge is 0.428 e. The van der Waals surface area contributed by atoms with E-state index in [1.54, 1.807) is 12.1 Å². The van der Waals surface area contributed by atoms with Gasteiger partial charge in [0.15, 0.2) is 5.58 Å². The number of oxazole rings is 1. The Kier molecular flexibility index (Phi) is 1.94. The van der Waals surface area contributed by atoms with Gasteiger partial charge in [-0.15, -0.1) is 0 Å². The number of nitriles is 1. The van der Waals surface area contributed by atoms with Gasteiger partial charge in [0.2, 0.25) is 0 Å². The van der Waals surface area contributed by atoms with Crippen molar-refractivity contribution in [2.24, 2.45) is 0 Å². The zero-order chi connectivity index (χ0) is 9.42. The fourth-order valence-electron chi connectivity index (χ4n) is 1.07. The van der Waals surface area contributed by atoms with Gasteiger partial charge in [0.05, 0.1) is 15.6 Å². The molecule has 3 nitrogen and oxygen atoms in total. The monoisotopic (exact) mass is 254 g/mol. The molecule has 2 rings (SSSR count). The molecule has 13 heavy (non-hydrogen) atoms. The highest BCUT2D eigenvalue weighted by Gasteiger charge is 2.07. The maximum Gasteiger partial charge on any atom is 0.266 e. The van der Waals surface area contributed by atoms with Crippen molar-refractivity contribution in [2.45, 2.75) is 0 Å². The first-order valence-corrected chi connectivity index (χ1v) is 4.64. The minimum absolute atomic E-state index is 0.311. The lowest BCUT2D eigenvalue weighted by Gasteiger charge is -1.93. The predicted octanol–water partition coefficient (Wildman–Crippen LogP) is 3.12. The van der Waals surface area contributed by atoms with Crippen LogP contribution in [0.25, 0.3) is 11.1 Å². The minimum atomic E-state index is 0.311. The summed E-state index contributed by atoms with van der Waals surface area (Å²) in [4.78, 5) is 3.17. The van der Waals surface area contributed by atoms with Gasteiger partial charge < -0.3 is 9.40 Å². The Morgan fingerprint density at radius 2 is 2.31 bits per heavy atom. The van der Waals surface area contributed by atoms with E-state index in [-0.39, 0.29) is 0 Å². The third kappa shape index (κ3) is 1.28. The van der Waals surface area contributed by atoms with Crippen molar-refractivity contribution in [3.8, 4) is 6.07 Å². The van der Waals surface area contributed by atoms with Crippen LogP contribution in [0, 0.1) is 16.2 Å². The molecule has 0 radical (unpaired) electrons. The van der Waals surface area contributed by atoms with E-state index < -0.39 is 0 Å². The average molecular weight is 255 g/mol. The molecule has 0 bridgehead atoms. The zero-order valence-corrected chi connectivity index (χ0v) is 8.70. The fraction of sp³-hybridized carbons (Fsp3) is 0. The molecule has 2 aromatic rings. The van der Waals surface area contributed by atoms with Crippen LogP contribution in [0.4, 0.5) is 0 Å². The highest BCUT2D eigenvalue weighted by atomic mass is 79.9. The van der Waals surface area contributed by atoms with Gasteiger partial charge in [-0.2, -0.15) is 5.26 Å². The topological polar surface area (TPSA) is 52.7 Å². The van der Waals surface area contributed by atoms with Gasteiger partial charge in [-0.05, 0) is 40.3 Å². The fourth-order valence-corrected chi connectivity index (χ4v) is 1.78. The molecule has 5 heteroatoms. The minimum Gasteiger partial charge on any atom is -0.428 e. The number of aromatic nitrogens is 1. The molecule has 64 valence electrons. The number of fused-ring (bicyclic) bond motifs is 1. The van der Waals surface area contributed by atoms with E-state index in [9.17, 15) is 0 Å². The first-order valence-electron chi connectivity index (χ1n) is 3.44. The maximum absolute atomic E-state index is 8.73. The molecular formula is C8H3BrN2OS. The van der Waals surface area contributed by atoms with Crippen molar-refractivity contribution in [1.29, 1.82) is 5.26 Å². The lowest BCUT2D eigenvalue weighted by Crippen LogP contribution is -1.77. The highest BCUT2D eigenvalue weighted by molar-refractivity contribution is 9.10. The van der Waals surface area contributed by atoms with Gasteiger partial charge in [0.1, 0.15) is 6.07 Å². The summed E-state index contributed by atoms with van der Waals surface area (Å²) in [5.74, 6) is 0. The maximum atomic E-state index is 8.73. The van der Waals surface area contributed by atoms with Crippen molar-refractivity contribution in [1.82, 2.24) is 4.98 Å². The lowest BCUT2D eigenvalue weighted by molar-refractivity contribution is 0.581. The quantitative estimate of drug-likeness (QED) is 0.736. The molecule has 0 atom stereocenters. The van der Waals surface area contributed by atoms with Gasteiger partial charge in [-0.3, -0.25) is 0 Å². The molecule has 0 saturated heterocycles. The van der Waals surface area contributed by atoms with Crippen molar-refractivity contribution >= 4 is 39.2 Å². The van der Waals surface area contributed by atoms with Crippen molar-refractivity contribution in [3.63, 3.8) is 0 Å². The number of hydrogen-bond donors (Lipinski definition) is 1. The molecule has 0 aliphatic heterocycles. The Balaban J connectivity index is 2.95. The van der Waals surface area contributed by atoms with E-state index in [0.29, 0.717) is 20.5 Å². The van der Waals surface area contributed by atoms with E-state index in [1.807, 2.05) is 6.07 Å². The van der Waals surface area contributed by atoms with E-state index in [0.717, 1.165) is 5.52 Å². The van der Waals surface area contributed by atoms with Crippen LogP contribution >= 0.6 is 28.1 Å². The Hall–Kier alpha value is -1.12. The molecule has 0 unspecified atom stereocenters. The Labute approximate surface area is 87.1 Å². The second-order valence-electron chi connectivity index (χ2n) is 2.43. The first-order chi connectivity index (χ1) is 6.22. The van der Waals surface area contributed by atoms with Crippen LogP contribution in [0.2, 0.25) is 0 Å². The van der Waals surface area contributed by atoms with E-state index >= 15 is 0 Å². The van der Waals surface area contributed by atoms with Crippen LogP contribution in [0.15, 0.2) is 21.0 Å². The van der Waals surface area contributed by atoms with Crippen LogP contribution in [0.1, 0.15) is 5.56 Å². The van der Waals surface area contributed by atoms with Crippen molar-refractivity contribution in [2.75, 3.05) is 0 Å². The standard InChI is InChI=1S/C8H3BrN2OS/c9-6-4(3-10)1-2-5-7(6)12-8(13)11-5/h1-2H,(H,11,13). The summed E-state index contributed by atoms with van der Waals surface area (Å²) in [6.07, 6.45) is 0. The third-order valence-corrected chi connectivity index (χ3v) is 2.62. The summed E-state index contributed by atoms with van der Waals surface area (Å²) in [6.45, 7) is 0. The normalized spacial score (nSPS) is 10.2. The highest BCUT2D eigenvalue weighted by Crippen LogP contribution is 2.26. The summed E-state index contributed by atoms with van der Waals surface area (Å²) in [5, 5.41) is 8.73. The van der Waals surface area contributed by atoms with E-state index in [1.165, 1.54) is 0 Å². The smallest absolute Gasteiger partial charge is 0.266 e. The first kappa shape index (κ1) is 8.48. The summed E-state index contributed by atoms with van der Waals surface area (Å²) in [5.41, 5.74) is 1.91. The molecule has 0 amide bonds. The van der Waals surface area contributed by atoms with Crippen LogP contribution in [0.5, 0.6) is 0 Å². The van der Waals surface area contributed by atoms with Gasteiger partial charge >= 0.3 is 0 Å². The summed E-state index contributed by atoms with van der Waals surface area (Å²) < 4.78 is 5.84. The van der Waals surface area contributed by atoms with Gasteiger partial charge in [-0.25, -0.2) is 0 Å². The van der Waals surface area contributed by atoms with Crippen molar-refractivity contribution in [3.05, 3.63) is 27.0 Å². The predicted molar refractivity (Wildman–Crippen MR) is 53.8 cm³/mol. The second kappa shape index (κ2) is 2.98. The number of hydrogen-bond acceptors (Lipinski definition) is 3.